The topological polar surface area (TPSA) is 58.4 Å². The molecule has 88 valence electrons. The summed E-state index contributed by atoms with van der Waals surface area (Å²) in [5.74, 6) is 0.0734. The van der Waals surface area contributed by atoms with Crippen LogP contribution in [0.1, 0.15) is 12.5 Å². The fraction of sp³-hybridized carbons (Fsp3) is 0.417. The van der Waals surface area contributed by atoms with E-state index < -0.39 is 0 Å². The van der Waals surface area contributed by atoms with Crippen LogP contribution in [0.4, 0.5) is 11.4 Å². The van der Waals surface area contributed by atoms with Gasteiger partial charge in [-0.05, 0) is 31.5 Å². The molecular formula is C12H19N3O. The number of rotatable bonds is 4. The summed E-state index contributed by atoms with van der Waals surface area (Å²) >= 11 is 0. The van der Waals surface area contributed by atoms with Gasteiger partial charge in [-0.25, -0.2) is 0 Å². The minimum Gasteiger partial charge on any atom is -0.399 e. The van der Waals surface area contributed by atoms with E-state index in [2.05, 4.69) is 5.32 Å². The molecule has 1 amide bonds. The van der Waals surface area contributed by atoms with E-state index in [1.807, 2.05) is 32.0 Å². The fourth-order valence-electron chi connectivity index (χ4n) is 1.31. The van der Waals surface area contributed by atoms with Gasteiger partial charge in [-0.15, -0.1) is 0 Å². The predicted octanol–water partition coefficient (Wildman–Crippen LogP) is 1.47. The average molecular weight is 221 g/mol. The zero-order valence-electron chi connectivity index (χ0n) is 10.1. The summed E-state index contributed by atoms with van der Waals surface area (Å²) in [6.07, 6.45) is 0. The van der Waals surface area contributed by atoms with Gasteiger partial charge < -0.3 is 16.0 Å². The van der Waals surface area contributed by atoms with Gasteiger partial charge in [-0.2, -0.15) is 0 Å². The molecule has 1 aromatic carbocycles. The van der Waals surface area contributed by atoms with Gasteiger partial charge in [0.05, 0.1) is 6.54 Å². The minimum absolute atomic E-state index is 0.0734. The van der Waals surface area contributed by atoms with E-state index in [0.29, 0.717) is 12.2 Å². The standard InChI is InChI=1S/C12H19N3O/c1-4-15(3)12(16)8-14-11-7-10(13)6-5-9(11)2/h5-7,14H,4,8,13H2,1-3H3. The molecule has 0 heterocycles. The molecule has 3 N–H and O–H groups in total. The molecule has 0 aliphatic heterocycles. The Labute approximate surface area is 96.4 Å². The van der Waals surface area contributed by atoms with Crippen LogP contribution in [0, 0.1) is 6.92 Å². The number of anilines is 2. The molecule has 0 spiro atoms. The number of likely N-dealkylation sites (N-methyl/N-ethyl adjacent to an activating group) is 1. The van der Waals surface area contributed by atoms with E-state index in [4.69, 9.17) is 5.73 Å². The zero-order valence-corrected chi connectivity index (χ0v) is 10.1. The second-order valence-corrected chi connectivity index (χ2v) is 3.84. The number of carbonyl (C=O) groups is 1. The molecule has 0 bridgehead atoms. The number of hydrogen-bond donors (Lipinski definition) is 2. The molecule has 0 atom stereocenters. The Bertz CT molecular complexity index is 377. The first-order chi connectivity index (χ1) is 7.54. The van der Waals surface area contributed by atoms with Crippen LogP contribution in [-0.4, -0.2) is 30.9 Å². The average Bonchev–Trinajstić information content (AvgIpc) is 2.28. The van der Waals surface area contributed by atoms with Crippen LogP contribution in [0.15, 0.2) is 18.2 Å². The SMILES string of the molecule is CCN(C)C(=O)CNc1cc(N)ccc1C. The number of nitrogens with zero attached hydrogens (tertiary/aromatic N) is 1. The Hall–Kier alpha value is -1.71. The maximum atomic E-state index is 11.6. The number of aryl methyl sites for hydroxylation is 1. The number of hydrogen-bond acceptors (Lipinski definition) is 3. The van der Waals surface area contributed by atoms with Crippen molar-refractivity contribution in [1.29, 1.82) is 0 Å². The van der Waals surface area contributed by atoms with E-state index in [-0.39, 0.29) is 5.91 Å². The highest BCUT2D eigenvalue weighted by Crippen LogP contribution is 2.17. The summed E-state index contributed by atoms with van der Waals surface area (Å²) in [6.45, 7) is 4.95. The molecule has 1 rings (SSSR count). The third kappa shape index (κ3) is 3.15. The van der Waals surface area contributed by atoms with Gasteiger partial charge in [0.25, 0.3) is 0 Å². The van der Waals surface area contributed by atoms with Crippen molar-refractivity contribution in [2.45, 2.75) is 13.8 Å². The van der Waals surface area contributed by atoms with Gasteiger partial charge >= 0.3 is 0 Å². The zero-order chi connectivity index (χ0) is 12.1. The summed E-state index contributed by atoms with van der Waals surface area (Å²) in [4.78, 5) is 13.3. The number of benzene rings is 1. The second-order valence-electron chi connectivity index (χ2n) is 3.84. The molecule has 1 aromatic rings. The van der Waals surface area contributed by atoms with E-state index in [0.717, 1.165) is 17.8 Å². The first-order valence-electron chi connectivity index (χ1n) is 5.38. The number of nitrogen functional groups attached to an aromatic ring is 1. The molecule has 4 heteroatoms. The second kappa shape index (κ2) is 5.39. The smallest absolute Gasteiger partial charge is 0.241 e. The predicted molar refractivity (Wildman–Crippen MR) is 67.4 cm³/mol. The van der Waals surface area contributed by atoms with Gasteiger partial charge in [-0.3, -0.25) is 4.79 Å². The van der Waals surface area contributed by atoms with Crippen molar-refractivity contribution in [3.8, 4) is 0 Å². The monoisotopic (exact) mass is 221 g/mol. The summed E-state index contributed by atoms with van der Waals surface area (Å²) in [5, 5.41) is 3.10. The Morgan fingerprint density at radius 1 is 1.50 bits per heavy atom. The lowest BCUT2D eigenvalue weighted by Crippen LogP contribution is -2.32. The number of amides is 1. The van der Waals surface area contributed by atoms with Crippen molar-refractivity contribution in [2.75, 3.05) is 31.2 Å². The number of nitrogens with one attached hydrogen (secondary N) is 1. The van der Waals surface area contributed by atoms with Crippen molar-refractivity contribution >= 4 is 17.3 Å². The van der Waals surface area contributed by atoms with E-state index in [1.165, 1.54) is 0 Å². The maximum absolute atomic E-state index is 11.6. The first-order valence-corrected chi connectivity index (χ1v) is 5.38. The maximum Gasteiger partial charge on any atom is 0.241 e. The molecule has 0 aromatic heterocycles. The van der Waals surface area contributed by atoms with Crippen molar-refractivity contribution in [3.05, 3.63) is 23.8 Å². The highest BCUT2D eigenvalue weighted by molar-refractivity contribution is 5.81. The van der Waals surface area contributed by atoms with Crippen molar-refractivity contribution in [3.63, 3.8) is 0 Å². The van der Waals surface area contributed by atoms with Gasteiger partial charge in [0.15, 0.2) is 0 Å². The molecule has 0 unspecified atom stereocenters. The Morgan fingerprint density at radius 3 is 2.81 bits per heavy atom. The van der Waals surface area contributed by atoms with Crippen LogP contribution in [-0.2, 0) is 4.79 Å². The lowest BCUT2D eigenvalue weighted by molar-refractivity contribution is -0.127. The van der Waals surface area contributed by atoms with Gasteiger partial charge in [0.1, 0.15) is 0 Å². The Morgan fingerprint density at radius 2 is 2.19 bits per heavy atom. The van der Waals surface area contributed by atoms with Gasteiger partial charge in [-0.1, -0.05) is 6.07 Å². The lowest BCUT2D eigenvalue weighted by Gasteiger charge is -2.16. The van der Waals surface area contributed by atoms with E-state index >= 15 is 0 Å². The third-order valence-electron chi connectivity index (χ3n) is 2.59. The molecular weight excluding hydrogens is 202 g/mol. The number of carbonyl (C=O) groups excluding carboxylic acids is 1. The van der Waals surface area contributed by atoms with Gasteiger partial charge in [0, 0.05) is 25.0 Å². The molecule has 0 aliphatic rings. The fourth-order valence-corrected chi connectivity index (χ4v) is 1.31. The van der Waals surface area contributed by atoms with Crippen LogP contribution >= 0.6 is 0 Å². The van der Waals surface area contributed by atoms with Crippen molar-refractivity contribution in [1.82, 2.24) is 4.90 Å². The molecule has 0 saturated heterocycles. The molecule has 0 radical (unpaired) electrons. The molecule has 0 fully saturated rings. The van der Waals surface area contributed by atoms with E-state index in [1.54, 1.807) is 11.9 Å². The number of nitrogens with two attached hydrogens (primary N) is 1. The van der Waals surface area contributed by atoms with Crippen LogP contribution in [0.5, 0.6) is 0 Å². The van der Waals surface area contributed by atoms with Crippen LogP contribution < -0.4 is 11.1 Å². The first kappa shape index (κ1) is 12.4. The van der Waals surface area contributed by atoms with Crippen LogP contribution in [0.2, 0.25) is 0 Å². The van der Waals surface area contributed by atoms with Crippen molar-refractivity contribution in [2.24, 2.45) is 0 Å². The van der Waals surface area contributed by atoms with Crippen LogP contribution in [0.3, 0.4) is 0 Å². The molecule has 16 heavy (non-hydrogen) atoms. The van der Waals surface area contributed by atoms with Crippen molar-refractivity contribution < 1.29 is 4.79 Å². The lowest BCUT2D eigenvalue weighted by atomic mass is 10.2. The summed E-state index contributed by atoms with van der Waals surface area (Å²) in [5.41, 5.74) is 8.38. The van der Waals surface area contributed by atoms with Gasteiger partial charge in [0.2, 0.25) is 5.91 Å². The summed E-state index contributed by atoms with van der Waals surface area (Å²) < 4.78 is 0. The largest absolute Gasteiger partial charge is 0.399 e. The Balaban J connectivity index is 2.61. The molecule has 0 saturated carbocycles. The summed E-state index contributed by atoms with van der Waals surface area (Å²) in [6, 6.07) is 5.63. The third-order valence-corrected chi connectivity index (χ3v) is 2.59. The quantitative estimate of drug-likeness (QED) is 0.757. The highest BCUT2D eigenvalue weighted by Gasteiger charge is 2.06. The highest BCUT2D eigenvalue weighted by atomic mass is 16.2. The van der Waals surface area contributed by atoms with Crippen LogP contribution in [0.25, 0.3) is 0 Å². The minimum atomic E-state index is 0.0734. The summed E-state index contributed by atoms with van der Waals surface area (Å²) in [7, 11) is 1.79. The Kier molecular flexibility index (Phi) is 4.17. The molecule has 4 nitrogen and oxygen atoms in total. The van der Waals surface area contributed by atoms with E-state index in [9.17, 15) is 4.79 Å². The molecule has 0 aliphatic carbocycles. The normalized spacial score (nSPS) is 9.94.